The van der Waals surface area contributed by atoms with Crippen molar-refractivity contribution in [3.8, 4) is 0 Å². The van der Waals surface area contributed by atoms with Gasteiger partial charge in [0.05, 0.1) is 19.7 Å². The summed E-state index contributed by atoms with van der Waals surface area (Å²) in [6, 6.07) is 12.6. The molecule has 0 aliphatic heterocycles. The van der Waals surface area contributed by atoms with Gasteiger partial charge in [-0.3, -0.25) is 0 Å². The number of halogens is 1. The van der Waals surface area contributed by atoms with Gasteiger partial charge in [0, 0.05) is 22.9 Å². The molecule has 1 aromatic heterocycles. The van der Waals surface area contributed by atoms with E-state index in [0.717, 1.165) is 25.7 Å². The molecule has 0 saturated carbocycles. The standard InChI is InChI=1S/C19H27N3OS.HI/c1-4-20-19(22-13-18-11-10-15(3)24-18)21-12-16-8-6-7-9-17(16)14-23-5-2;/h6-11H,4-5,12-14H2,1-3H3,(H2,20,21,22);1H. The molecule has 2 rings (SSSR count). The van der Waals surface area contributed by atoms with E-state index in [1.807, 2.05) is 24.3 Å². The summed E-state index contributed by atoms with van der Waals surface area (Å²) in [7, 11) is 0. The maximum absolute atomic E-state index is 5.54. The third-order valence-corrected chi connectivity index (χ3v) is 4.56. The summed E-state index contributed by atoms with van der Waals surface area (Å²) in [6.45, 7) is 9.87. The monoisotopic (exact) mass is 473 g/mol. The highest BCUT2D eigenvalue weighted by Gasteiger charge is 2.03. The van der Waals surface area contributed by atoms with Crippen LogP contribution in [0.1, 0.15) is 34.7 Å². The highest BCUT2D eigenvalue weighted by Crippen LogP contribution is 2.14. The van der Waals surface area contributed by atoms with Gasteiger partial charge in [-0.15, -0.1) is 35.3 Å². The largest absolute Gasteiger partial charge is 0.377 e. The molecular formula is C19H28IN3OS. The minimum absolute atomic E-state index is 0. The molecule has 2 N–H and O–H groups in total. The number of thiophene rings is 1. The molecular weight excluding hydrogens is 445 g/mol. The van der Waals surface area contributed by atoms with Gasteiger partial charge in [-0.05, 0) is 44.0 Å². The second-order valence-corrected chi connectivity index (χ2v) is 6.84. The van der Waals surface area contributed by atoms with Crippen molar-refractivity contribution in [1.29, 1.82) is 0 Å². The summed E-state index contributed by atoms with van der Waals surface area (Å²) in [5, 5.41) is 6.71. The first-order valence-electron chi connectivity index (χ1n) is 8.45. The number of guanidine groups is 1. The zero-order valence-corrected chi connectivity index (χ0v) is 18.3. The number of hydrogen-bond acceptors (Lipinski definition) is 3. The summed E-state index contributed by atoms with van der Waals surface area (Å²) in [6.07, 6.45) is 0. The SMILES string of the molecule is CCNC(=NCc1ccccc1COCC)NCc1ccc(C)s1.I. The Bertz CT molecular complexity index is 658. The quantitative estimate of drug-likeness (QED) is 0.338. The van der Waals surface area contributed by atoms with Crippen LogP contribution in [0.25, 0.3) is 0 Å². The van der Waals surface area contributed by atoms with Crippen LogP contribution in [0.15, 0.2) is 41.4 Å². The second kappa shape index (κ2) is 12.3. The van der Waals surface area contributed by atoms with Crippen LogP contribution in [0.2, 0.25) is 0 Å². The van der Waals surface area contributed by atoms with Crippen LogP contribution in [0.5, 0.6) is 0 Å². The number of nitrogens with one attached hydrogen (secondary N) is 2. The molecule has 0 fully saturated rings. The lowest BCUT2D eigenvalue weighted by atomic mass is 10.1. The van der Waals surface area contributed by atoms with Crippen LogP contribution in [0, 0.1) is 6.92 Å². The van der Waals surface area contributed by atoms with Gasteiger partial charge in [0.15, 0.2) is 5.96 Å². The number of benzene rings is 1. The van der Waals surface area contributed by atoms with Crippen LogP contribution in [0.3, 0.4) is 0 Å². The van der Waals surface area contributed by atoms with Crippen molar-refractivity contribution < 1.29 is 4.74 Å². The lowest BCUT2D eigenvalue weighted by Crippen LogP contribution is -2.36. The molecule has 0 spiro atoms. The van der Waals surface area contributed by atoms with Gasteiger partial charge in [-0.1, -0.05) is 24.3 Å². The molecule has 25 heavy (non-hydrogen) atoms. The van der Waals surface area contributed by atoms with Gasteiger partial charge in [-0.25, -0.2) is 4.99 Å². The molecule has 138 valence electrons. The summed E-state index contributed by atoms with van der Waals surface area (Å²) in [5.74, 6) is 0.842. The fourth-order valence-electron chi connectivity index (χ4n) is 2.32. The molecule has 0 aliphatic rings. The van der Waals surface area contributed by atoms with Crippen molar-refractivity contribution in [3.05, 3.63) is 57.3 Å². The van der Waals surface area contributed by atoms with E-state index in [2.05, 4.69) is 54.8 Å². The first-order valence-corrected chi connectivity index (χ1v) is 9.26. The maximum Gasteiger partial charge on any atom is 0.191 e. The van der Waals surface area contributed by atoms with Crippen molar-refractivity contribution in [2.24, 2.45) is 4.99 Å². The maximum atomic E-state index is 5.54. The summed E-state index contributed by atoms with van der Waals surface area (Å²) in [5.41, 5.74) is 2.41. The van der Waals surface area contributed by atoms with E-state index in [9.17, 15) is 0 Å². The van der Waals surface area contributed by atoms with Gasteiger partial charge in [-0.2, -0.15) is 0 Å². The van der Waals surface area contributed by atoms with E-state index in [-0.39, 0.29) is 24.0 Å². The number of rotatable bonds is 8. The summed E-state index contributed by atoms with van der Waals surface area (Å²) in [4.78, 5) is 7.36. The van der Waals surface area contributed by atoms with Crippen molar-refractivity contribution in [2.75, 3.05) is 13.2 Å². The average molecular weight is 473 g/mol. The topological polar surface area (TPSA) is 45.7 Å². The Hall–Kier alpha value is -1.12. The smallest absolute Gasteiger partial charge is 0.191 e. The Morgan fingerprint density at radius 3 is 2.48 bits per heavy atom. The van der Waals surface area contributed by atoms with E-state index in [0.29, 0.717) is 13.2 Å². The lowest BCUT2D eigenvalue weighted by Gasteiger charge is -2.12. The van der Waals surface area contributed by atoms with E-state index in [1.165, 1.54) is 20.9 Å². The Morgan fingerprint density at radius 2 is 1.84 bits per heavy atom. The molecule has 1 aromatic carbocycles. The van der Waals surface area contributed by atoms with Gasteiger partial charge in [0.2, 0.25) is 0 Å². The van der Waals surface area contributed by atoms with Crippen LogP contribution >= 0.6 is 35.3 Å². The minimum atomic E-state index is 0. The number of ether oxygens (including phenoxy) is 1. The summed E-state index contributed by atoms with van der Waals surface area (Å²) < 4.78 is 5.54. The van der Waals surface area contributed by atoms with E-state index < -0.39 is 0 Å². The average Bonchev–Trinajstić information content (AvgIpc) is 3.01. The highest BCUT2D eigenvalue weighted by molar-refractivity contribution is 14.0. The second-order valence-electron chi connectivity index (χ2n) is 5.47. The number of hydrogen-bond donors (Lipinski definition) is 2. The summed E-state index contributed by atoms with van der Waals surface area (Å²) >= 11 is 1.81. The third kappa shape index (κ3) is 7.75. The number of nitrogens with zero attached hydrogens (tertiary/aromatic N) is 1. The molecule has 0 radical (unpaired) electrons. The molecule has 0 bridgehead atoms. The highest BCUT2D eigenvalue weighted by atomic mass is 127. The normalized spacial score (nSPS) is 11.1. The first kappa shape index (κ1) is 21.9. The van der Waals surface area contributed by atoms with Crippen molar-refractivity contribution >= 4 is 41.3 Å². The van der Waals surface area contributed by atoms with Crippen molar-refractivity contribution in [3.63, 3.8) is 0 Å². The Morgan fingerprint density at radius 1 is 1.08 bits per heavy atom. The van der Waals surface area contributed by atoms with Crippen LogP contribution in [0.4, 0.5) is 0 Å². The molecule has 0 atom stereocenters. The molecule has 1 heterocycles. The molecule has 6 heteroatoms. The molecule has 0 amide bonds. The van der Waals surface area contributed by atoms with Crippen molar-refractivity contribution in [1.82, 2.24) is 10.6 Å². The van der Waals surface area contributed by atoms with Crippen LogP contribution in [-0.4, -0.2) is 19.1 Å². The third-order valence-electron chi connectivity index (χ3n) is 3.56. The minimum Gasteiger partial charge on any atom is -0.377 e. The van der Waals surface area contributed by atoms with Gasteiger partial charge in [0.25, 0.3) is 0 Å². The van der Waals surface area contributed by atoms with Gasteiger partial charge >= 0.3 is 0 Å². The first-order chi connectivity index (χ1) is 11.7. The molecule has 4 nitrogen and oxygen atoms in total. The van der Waals surface area contributed by atoms with Gasteiger partial charge < -0.3 is 15.4 Å². The van der Waals surface area contributed by atoms with Gasteiger partial charge in [0.1, 0.15) is 0 Å². The zero-order valence-electron chi connectivity index (χ0n) is 15.2. The Balaban J connectivity index is 0.00000312. The molecule has 0 saturated heterocycles. The number of aryl methyl sites for hydroxylation is 1. The van der Waals surface area contributed by atoms with E-state index >= 15 is 0 Å². The molecule has 0 aliphatic carbocycles. The van der Waals surface area contributed by atoms with E-state index in [1.54, 1.807) is 0 Å². The molecule has 0 unspecified atom stereocenters. The lowest BCUT2D eigenvalue weighted by molar-refractivity contribution is 0.133. The predicted octanol–water partition coefficient (Wildman–Crippen LogP) is 4.47. The Labute approximate surface area is 172 Å². The zero-order chi connectivity index (χ0) is 17.2. The molecule has 2 aromatic rings. The number of aliphatic imine (C=N–C) groups is 1. The Kier molecular flexibility index (Phi) is 10.8. The van der Waals surface area contributed by atoms with E-state index in [4.69, 9.17) is 9.73 Å². The van der Waals surface area contributed by atoms with Crippen LogP contribution in [-0.2, 0) is 24.4 Å². The fourth-order valence-corrected chi connectivity index (χ4v) is 3.15. The predicted molar refractivity (Wildman–Crippen MR) is 118 cm³/mol. The van der Waals surface area contributed by atoms with Crippen LogP contribution < -0.4 is 10.6 Å². The fraction of sp³-hybridized carbons (Fsp3) is 0.421. The van der Waals surface area contributed by atoms with Crippen molar-refractivity contribution in [2.45, 2.75) is 40.5 Å².